The van der Waals surface area contributed by atoms with E-state index < -0.39 is 0 Å². The summed E-state index contributed by atoms with van der Waals surface area (Å²) in [6, 6.07) is 17.2. The number of carbonyl (C=O) groups excluding carboxylic acids is 1. The molecule has 1 amide bonds. The Hall–Kier alpha value is -3.54. The van der Waals surface area contributed by atoms with Gasteiger partial charge in [-0.05, 0) is 47.9 Å². The molecule has 3 aromatic rings. The first-order valence-electron chi connectivity index (χ1n) is 9.20. The van der Waals surface area contributed by atoms with Gasteiger partial charge < -0.3 is 20.1 Å². The number of aryl methyl sites for hydroxylation is 1. The van der Waals surface area contributed by atoms with Crippen LogP contribution in [-0.2, 0) is 13.0 Å². The molecule has 2 aromatic carbocycles. The fraction of sp³-hybridized carbons (Fsp3) is 0.182. The number of hydrogen-bond donors (Lipinski definition) is 2. The molecule has 0 fully saturated rings. The smallest absolute Gasteiger partial charge is 0.274 e. The highest BCUT2D eigenvalue weighted by Gasteiger charge is 2.13. The van der Waals surface area contributed by atoms with Crippen LogP contribution in [0.1, 0.15) is 28.5 Å². The lowest BCUT2D eigenvalue weighted by atomic mass is 10.1. The Kier molecular flexibility index (Phi) is 5.10. The van der Waals surface area contributed by atoms with Crippen molar-refractivity contribution < 1.29 is 14.3 Å². The number of carbonyl (C=O) groups is 1. The molecule has 0 atom stereocenters. The second kappa shape index (κ2) is 8.00. The number of aromatic nitrogens is 1. The van der Waals surface area contributed by atoms with Crippen molar-refractivity contribution in [3.8, 4) is 11.5 Å². The van der Waals surface area contributed by atoms with Crippen molar-refractivity contribution in [1.29, 1.82) is 0 Å². The summed E-state index contributed by atoms with van der Waals surface area (Å²) in [5.41, 5.74) is 4.15. The van der Waals surface area contributed by atoms with Gasteiger partial charge in [-0.3, -0.25) is 9.78 Å². The molecule has 28 heavy (non-hydrogen) atoms. The minimum atomic E-state index is -0.229. The first-order chi connectivity index (χ1) is 13.7. The van der Waals surface area contributed by atoms with Gasteiger partial charge in [0.2, 0.25) is 6.79 Å². The molecule has 6 heteroatoms. The second-order valence-electron chi connectivity index (χ2n) is 6.44. The fourth-order valence-corrected chi connectivity index (χ4v) is 3.06. The quantitative estimate of drug-likeness (QED) is 0.674. The Bertz CT molecular complexity index is 1000. The van der Waals surface area contributed by atoms with E-state index in [0.717, 1.165) is 40.4 Å². The summed E-state index contributed by atoms with van der Waals surface area (Å²) < 4.78 is 10.7. The number of hydrogen-bond acceptors (Lipinski definition) is 5. The van der Waals surface area contributed by atoms with E-state index in [0.29, 0.717) is 12.2 Å². The largest absolute Gasteiger partial charge is 0.454 e. The summed E-state index contributed by atoms with van der Waals surface area (Å²) in [5.74, 6) is 1.29. The molecule has 0 spiro atoms. The Labute approximate surface area is 163 Å². The van der Waals surface area contributed by atoms with Crippen molar-refractivity contribution in [2.75, 3.05) is 17.4 Å². The number of amides is 1. The van der Waals surface area contributed by atoms with Crippen LogP contribution in [0.2, 0.25) is 0 Å². The highest BCUT2D eigenvalue weighted by molar-refractivity contribution is 6.03. The molecule has 0 aliphatic carbocycles. The molecule has 0 saturated carbocycles. The normalized spacial score (nSPS) is 11.9. The molecule has 4 rings (SSSR count). The summed E-state index contributed by atoms with van der Waals surface area (Å²) in [7, 11) is 0. The number of nitrogens with one attached hydrogen (secondary N) is 2. The molecule has 0 saturated heterocycles. The maximum Gasteiger partial charge on any atom is 0.274 e. The molecule has 0 radical (unpaired) electrons. The van der Waals surface area contributed by atoms with E-state index in [2.05, 4.69) is 22.5 Å². The molecule has 0 unspecified atom stereocenters. The highest BCUT2D eigenvalue weighted by Crippen LogP contribution is 2.32. The standard InChI is InChI=1S/C22H21N3O3/c1-2-16-5-3-4-6-18(16)25-22(26)19-12-17(9-10-23-19)24-13-15-7-8-20-21(11-15)28-14-27-20/h3-12H,2,13-14H2,1H3,(H,23,24)(H,25,26). The average molecular weight is 375 g/mol. The van der Waals surface area contributed by atoms with Crippen molar-refractivity contribution in [1.82, 2.24) is 4.98 Å². The molecule has 0 bridgehead atoms. The van der Waals surface area contributed by atoms with Gasteiger partial charge in [0.05, 0.1) is 0 Å². The van der Waals surface area contributed by atoms with Gasteiger partial charge in [0.15, 0.2) is 11.5 Å². The lowest BCUT2D eigenvalue weighted by Gasteiger charge is -2.11. The summed E-state index contributed by atoms with van der Waals surface area (Å²) in [4.78, 5) is 16.8. The number of rotatable bonds is 6. The summed E-state index contributed by atoms with van der Waals surface area (Å²) >= 11 is 0. The van der Waals surface area contributed by atoms with Crippen LogP contribution >= 0.6 is 0 Å². The van der Waals surface area contributed by atoms with Crippen LogP contribution in [0, 0.1) is 0 Å². The Morgan fingerprint density at radius 1 is 1.07 bits per heavy atom. The van der Waals surface area contributed by atoms with Gasteiger partial charge in [0.25, 0.3) is 5.91 Å². The van der Waals surface area contributed by atoms with Gasteiger partial charge in [-0.2, -0.15) is 0 Å². The third-order valence-corrected chi connectivity index (χ3v) is 4.57. The first kappa shape index (κ1) is 17.9. The number of para-hydroxylation sites is 1. The zero-order valence-electron chi connectivity index (χ0n) is 15.6. The molecule has 1 aliphatic heterocycles. The van der Waals surface area contributed by atoms with E-state index in [4.69, 9.17) is 9.47 Å². The van der Waals surface area contributed by atoms with Crippen molar-refractivity contribution in [3.05, 3.63) is 77.6 Å². The number of nitrogens with zero attached hydrogens (tertiary/aromatic N) is 1. The van der Waals surface area contributed by atoms with Crippen LogP contribution in [0.25, 0.3) is 0 Å². The molecular formula is C22H21N3O3. The summed E-state index contributed by atoms with van der Waals surface area (Å²) in [6.07, 6.45) is 2.48. The lowest BCUT2D eigenvalue weighted by Crippen LogP contribution is -2.15. The number of pyridine rings is 1. The van der Waals surface area contributed by atoms with Crippen molar-refractivity contribution in [3.63, 3.8) is 0 Å². The van der Waals surface area contributed by atoms with E-state index >= 15 is 0 Å². The number of benzene rings is 2. The lowest BCUT2D eigenvalue weighted by molar-refractivity contribution is 0.102. The predicted molar refractivity (Wildman–Crippen MR) is 108 cm³/mol. The number of ether oxygens (including phenoxy) is 2. The van der Waals surface area contributed by atoms with Crippen molar-refractivity contribution >= 4 is 17.3 Å². The van der Waals surface area contributed by atoms with Gasteiger partial charge >= 0.3 is 0 Å². The predicted octanol–water partition coefficient (Wildman–Crippen LogP) is 4.24. The molecular weight excluding hydrogens is 354 g/mol. The fourth-order valence-electron chi connectivity index (χ4n) is 3.06. The SMILES string of the molecule is CCc1ccccc1NC(=O)c1cc(NCc2ccc3c(c2)OCO3)ccn1. The zero-order valence-corrected chi connectivity index (χ0v) is 15.6. The Morgan fingerprint density at radius 2 is 1.93 bits per heavy atom. The van der Waals surface area contributed by atoms with Crippen LogP contribution in [0.5, 0.6) is 11.5 Å². The van der Waals surface area contributed by atoms with E-state index in [-0.39, 0.29) is 12.7 Å². The van der Waals surface area contributed by atoms with Gasteiger partial charge in [0.1, 0.15) is 5.69 Å². The van der Waals surface area contributed by atoms with Crippen LogP contribution in [0.3, 0.4) is 0 Å². The van der Waals surface area contributed by atoms with Crippen LogP contribution < -0.4 is 20.1 Å². The summed E-state index contributed by atoms with van der Waals surface area (Å²) in [6.45, 7) is 2.92. The third-order valence-electron chi connectivity index (χ3n) is 4.57. The van der Waals surface area contributed by atoms with E-state index in [1.807, 2.05) is 48.5 Å². The minimum absolute atomic E-state index is 0.229. The first-order valence-corrected chi connectivity index (χ1v) is 9.20. The third kappa shape index (κ3) is 3.91. The van der Waals surface area contributed by atoms with Crippen molar-refractivity contribution in [2.24, 2.45) is 0 Å². The van der Waals surface area contributed by atoms with Gasteiger partial charge in [-0.25, -0.2) is 0 Å². The molecule has 2 N–H and O–H groups in total. The summed E-state index contributed by atoms with van der Waals surface area (Å²) in [5, 5.41) is 6.26. The molecule has 6 nitrogen and oxygen atoms in total. The number of fused-ring (bicyclic) bond motifs is 1. The van der Waals surface area contributed by atoms with Crippen LogP contribution in [0.15, 0.2) is 60.8 Å². The molecule has 1 aromatic heterocycles. The average Bonchev–Trinajstić information content (AvgIpc) is 3.21. The maximum absolute atomic E-state index is 12.6. The Balaban J connectivity index is 1.43. The van der Waals surface area contributed by atoms with Gasteiger partial charge in [-0.1, -0.05) is 31.2 Å². The highest BCUT2D eigenvalue weighted by atomic mass is 16.7. The van der Waals surface area contributed by atoms with Crippen LogP contribution in [-0.4, -0.2) is 17.7 Å². The Morgan fingerprint density at radius 3 is 2.82 bits per heavy atom. The maximum atomic E-state index is 12.6. The number of anilines is 2. The van der Waals surface area contributed by atoms with E-state index in [9.17, 15) is 4.79 Å². The van der Waals surface area contributed by atoms with Crippen LogP contribution in [0.4, 0.5) is 11.4 Å². The molecule has 1 aliphatic rings. The van der Waals surface area contributed by atoms with Gasteiger partial charge in [0, 0.05) is 24.1 Å². The monoisotopic (exact) mass is 375 g/mol. The van der Waals surface area contributed by atoms with Crippen molar-refractivity contribution in [2.45, 2.75) is 19.9 Å². The van der Waals surface area contributed by atoms with Gasteiger partial charge in [-0.15, -0.1) is 0 Å². The van der Waals surface area contributed by atoms with E-state index in [1.54, 1.807) is 12.3 Å². The molecule has 142 valence electrons. The second-order valence-corrected chi connectivity index (χ2v) is 6.44. The van der Waals surface area contributed by atoms with E-state index in [1.165, 1.54) is 0 Å². The zero-order chi connectivity index (χ0) is 19.3. The molecule has 2 heterocycles. The topological polar surface area (TPSA) is 72.5 Å². The minimum Gasteiger partial charge on any atom is -0.454 e.